The molecule has 2 heterocycles. The van der Waals surface area contributed by atoms with Crippen LogP contribution in [0, 0.1) is 13.8 Å². The largest absolute Gasteiger partial charge is 0.503 e. The second-order valence-electron chi connectivity index (χ2n) is 6.38. The van der Waals surface area contributed by atoms with E-state index in [-0.39, 0.29) is 11.4 Å². The molecular formula is C20H22N2O4S. The van der Waals surface area contributed by atoms with Gasteiger partial charge in [-0.15, -0.1) is 11.3 Å². The van der Waals surface area contributed by atoms with Crippen LogP contribution in [0.25, 0.3) is 0 Å². The fraction of sp³-hybridized carbons (Fsp3) is 0.350. The molecule has 1 aliphatic rings. The normalized spacial score (nSPS) is 17.0. The van der Waals surface area contributed by atoms with Crippen LogP contribution in [0.1, 0.15) is 45.3 Å². The second kappa shape index (κ2) is 7.52. The molecule has 1 amide bonds. The number of Topliss-reactive ketones (excluding diaryl/α,β-unsaturated/α-hetero) is 1. The van der Waals surface area contributed by atoms with E-state index in [9.17, 15) is 14.7 Å². The minimum atomic E-state index is -0.692. The number of rotatable bonds is 6. The van der Waals surface area contributed by atoms with E-state index in [1.54, 1.807) is 20.1 Å². The minimum absolute atomic E-state index is 0.0877. The van der Waals surface area contributed by atoms with Gasteiger partial charge in [0.2, 0.25) is 5.78 Å². The zero-order chi connectivity index (χ0) is 19.7. The first-order valence-electron chi connectivity index (χ1n) is 8.76. The van der Waals surface area contributed by atoms with Gasteiger partial charge in [-0.3, -0.25) is 9.59 Å². The topological polar surface area (TPSA) is 79.7 Å². The van der Waals surface area contributed by atoms with Gasteiger partial charge in [0.25, 0.3) is 5.91 Å². The number of hydrogen-bond donors (Lipinski definition) is 1. The first-order chi connectivity index (χ1) is 12.9. The number of aromatic nitrogens is 1. The monoisotopic (exact) mass is 386 g/mol. The summed E-state index contributed by atoms with van der Waals surface area (Å²) >= 11 is 1.27. The Labute approximate surface area is 162 Å². The third kappa shape index (κ3) is 3.23. The first kappa shape index (κ1) is 19.1. The van der Waals surface area contributed by atoms with Crippen molar-refractivity contribution < 1.29 is 19.4 Å². The van der Waals surface area contributed by atoms with Crippen molar-refractivity contribution in [2.24, 2.45) is 0 Å². The van der Waals surface area contributed by atoms with Gasteiger partial charge in [0.15, 0.2) is 5.76 Å². The predicted octanol–water partition coefficient (Wildman–Crippen LogP) is 3.76. The van der Waals surface area contributed by atoms with Crippen molar-refractivity contribution in [3.05, 3.63) is 56.7 Å². The summed E-state index contributed by atoms with van der Waals surface area (Å²) in [4.78, 5) is 32.3. The van der Waals surface area contributed by atoms with Gasteiger partial charge in [0.1, 0.15) is 5.75 Å². The number of aryl methyl sites for hydroxylation is 2. The lowest BCUT2D eigenvalue weighted by Gasteiger charge is -2.27. The van der Waals surface area contributed by atoms with Gasteiger partial charge in [-0.25, -0.2) is 4.98 Å². The van der Waals surface area contributed by atoms with E-state index in [1.165, 1.54) is 16.2 Å². The van der Waals surface area contributed by atoms with E-state index in [2.05, 4.69) is 4.98 Å². The molecule has 0 aliphatic carbocycles. The number of aliphatic hydroxyl groups is 1. The van der Waals surface area contributed by atoms with Gasteiger partial charge < -0.3 is 14.7 Å². The maximum atomic E-state index is 13.3. The van der Waals surface area contributed by atoms with Crippen LogP contribution in [0.15, 0.2) is 35.6 Å². The molecular weight excluding hydrogens is 364 g/mol. The van der Waals surface area contributed by atoms with E-state index in [0.29, 0.717) is 34.8 Å². The smallest absolute Gasteiger partial charge is 0.290 e. The van der Waals surface area contributed by atoms with Crippen LogP contribution in [0.3, 0.4) is 0 Å². The summed E-state index contributed by atoms with van der Waals surface area (Å²) in [5.74, 6) is -0.822. The van der Waals surface area contributed by atoms with Crippen molar-refractivity contribution in [3.63, 3.8) is 0 Å². The number of methoxy groups -OCH3 is 1. The Morgan fingerprint density at radius 1 is 1.33 bits per heavy atom. The van der Waals surface area contributed by atoms with E-state index in [1.807, 2.05) is 32.0 Å². The van der Waals surface area contributed by atoms with Crippen molar-refractivity contribution >= 4 is 23.0 Å². The van der Waals surface area contributed by atoms with E-state index < -0.39 is 17.7 Å². The molecule has 1 aliphatic heterocycles. The fourth-order valence-corrected chi connectivity index (χ4v) is 4.31. The highest BCUT2D eigenvalue weighted by molar-refractivity contribution is 7.14. The minimum Gasteiger partial charge on any atom is -0.503 e. The molecule has 6 nitrogen and oxygen atoms in total. The van der Waals surface area contributed by atoms with Crippen molar-refractivity contribution in [2.45, 2.75) is 33.2 Å². The molecule has 1 aromatic heterocycles. The fourth-order valence-electron chi connectivity index (χ4n) is 3.44. The third-order valence-electron chi connectivity index (χ3n) is 4.56. The second-order valence-corrected chi connectivity index (χ2v) is 7.59. The van der Waals surface area contributed by atoms with Gasteiger partial charge in [0.05, 0.1) is 34.3 Å². The van der Waals surface area contributed by atoms with Gasteiger partial charge in [-0.1, -0.05) is 25.1 Å². The number of thiazole rings is 1. The SMILES string of the molecule is CCCN1C(=O)C(O)=C(C(=O)c2sc(C)nc2C)C1c1ccccc1OC. The molecule has 1 unspecified atom stereocenters. The average molecular weight is 386 g/mol. The molecule has 0 radical (unpaired) electrons. The molecule has 142 valence electrons. The lowest BCUT2D eigenvalue weighted by Crippen LogP contribution is -2.32. The number of para-hydroxylation sites is 1. The van der Waals surface area contributed by atoms with Crippen molar-refractivity contribution in [2.75, 3.05) is 13.7 Å². The van der Waals surface area contributed by atoms with Crippen molar-refractivity contribution in [1.82, 2.24) is 9.88 Å². The molecule has 1 aromatic carbocycles. The van der Waals surface area contributed by atoms with E-state index in [4.69, 9.17) is 4.74 Å². The number of benzene rings is 1. The zero-order valence-corrected chi connectivity index (χ0v) is 16.6. The summed E-state index contributed by atoms with van der Waals surface area (Å²) in [6.07, 6.45) is 0.699. The average Bonchev–Trinajstić information content (AvgIpc) is 3.12. The maximum Gasteiger partial charge on any atom is 0.290 e. The molecule has 2 aromatic rings. The van der Waals surface area contributed by atoms with E-state index in [0.717, 1.165) is 5.01 Å². The maximum absolute atomic E-state index is 13.3. The summed E-state index contributed by atoms with van der Waals surface area (Å²) in [5, 5.41) is 11.4. The van der Waals surface area contributed by atoms with E-state index >= 15 is 0 Å². The highest BCUT2D eigenvalue weighted by Crippen LogP contribution is 2.43. The Morgan fingerprint density at radius 3 is 2.63 bits per heavy atom. The van der Waals surface area contributed by atoms with Crippen LogP contribution < -0.4 is 4.74 Å². The Kier molecular flexibility index (Phi) is 5.32. The molecule has 1 atom stereocenters. The van der Waals surface area contributed by atoms with Crippen LogP contribution in [0.4, 0.5) is 0 Å². The summed E-state index contributed by atoms with van der Waals surface area (Å²) in [5.41, 5.74) is 1.36. The molecule has 3 rings (SSSR count). The van der Waals surface area contributed by atoms with Crippen LogP contribution in [-0.2, 0) is 4.79 Å². The Morgan fingerprint density at radius 2 is 2.04 bits per heavy atom. The molecule has 0 fully saturated rings. The predicted molar refractivity (Wildman–Crippen MR) is 103 cm³/mol. The highest BCUT2D eigenvalue weighted by Gasteiger charge is 2.45. The molecule has 7 heteroatoms. The highest BCUT2D eigenvalue weighted by atomic mass is 32.1. The molecule has 0 bridgehead atoms. The molecule has 0 saturated carbocycles. The van der Waals surface area contributed by atoms with Crippen LogP contribution in [-0.4, -0.2) is 40.3 Å². The number of carbonyl (C=O) groups excluding carboxylic acids is 2. The lowest BCUT2D eigenvalue weighted by atomic mass is 9.94. The lowest BCUT2D eigenvalue weighted by molar-refractivity contribution is -0.129. The number of ketones is 1. The Balaban J connectivity index is 2.17. The molecule has 27 heavy (non-hydrogen) atoms. The van der Waals surface area contributed by atoms with Crippen LogP contribution in [0.5, 0.6) is 5.75 Å². The third-order valence-corrected chi connectivity index (χ3v) is 5.63. The summed E-state index contributed by atoms with van der Waals surface area (Å²) < 4.78 is 5.45. The standard InChI is InChI=1S/C20H22N2O4S/c1-5-10-22-16(13-8-6-7-9-14(13)26-4)15(18(24)20(22)25)17(23)19-11(2)21-12(3)27-19/h6-9,16,24H,5,10H2,1-4H3. The van der Waals surface area contributed by atoms with Crippen molar-refractivity contribution in [1.29, 1.82) is 0 Å². The van der Waals surface area contributed by atoms with Gasteiger partial charge in [-0.05, 0) is 26.3 Å². The summed E-state index contributed by atoms with van der Waals surface area (Å²) in [7, 11) is 1.54. The summed E-state index contributed by atoms with van der Waals surface area (Å²) in [6.45, 7) is 5.94. The van der Waals surface area contributed by atoms with Crippen LogP contribution >= 0.6 is 11.3 Å². The number of ether oxygens (including phenoxy) is 1. The molecule has 0 saturated heterocycles. The molecule has 0 spiro atoms. The number of carbonyl (C=O) groups is 2. The molecule has 1 N–H and O–H groups in total. The summed E-state index contributed by atoms with van der Waals surface area (Å²) in [6, 6.07) is 6.55. The Hall–Kier alpha value is -2.67. The Bertz CT molecular complexity index is 932. The number of nitrogens with zero attached hydrogens (tertiary/aromatic N) is 2. The van der Waals surface area contributed by atoms with Gasteiger partial charge in [0, 0.05) is 12.1 Å². The quantitative estimate of drug-likeness (QED) is 0.765. The first-order valence-corrected chi connectivity index (χ1v) is 9.58. The van der Waals surface area contributed by atoms with Gasteiger partial charge >= 0.3 is 0 Å². The van der Waals surface area contributed by atoms with Gasteiger partial charge in [-0.2, -0.15) is 0 Å². The number of amides is 1. The zero-order valence-electron chi connectivity index (χ0n) is 15.8. The number of hydrogen-bond acceptors (Lipinski definition) is 6. The van der Waals surface area contributed by atoms with Crippen LogP contribution in [0.2, 0.25) is 0 Å². The van der Waals surface area contributed by atoms with Crippen molar-refractivity contribution in [3.8, 4) is 5.75 Å². The number of aliphatic hydroxyl groups excluding tert-OH is 1.